The van der Waals surface area contributed by atoms with E-state index in [0.717, 1.165) is 47.3 Å². The monoisotopic (exact) mass is 473 g/mol. The highest BCUT2D eigenvalue weighted by atomic mass is 32.2. The summed E-state index contributed by atoms with van der Waals surface area (Å²) in [5.74, 6) is 0.525. The van der Waals surface area contributed by atoms with Gasteiger partial charge in [0, 0.05) is 26.2 Å². The summed E-state index contributed by atoms with van der Waals surface area (Å²) in [6.07, 6.45) is 3.50. The standard InChI is InChI=1S/C25H23N5OS2/c31-21(29-11-9-17-5-1-3-7-19(17)13-29)15-32-24-22-23(26-16-27-24)28-25(33-22)30-12-10-18-6-2-4-8-20(18)14-30/h1-8,16H,9-15H2. The van der Waals surface area contributed by atoms with Gasteiger partial charge in [0.25, 0.3) is 0 Å². The highest BCUT2D eigenvalue weighted by Crippen LogP contribution is 2.35. The smallest absolute Gasteiger partial charge is 0.233 e. The highest BCUT2D eigenvalue weighted by Gasteiger charge is 2.23. The van der Waals surface area contributed by atoms with E-state index < -0.39 is 0 Å². The van der Waals surface area contributed by atoms with E-state index >= 15 is 0 Å². The summed E-state index contributed by atoms with van der Waals surface area (Å²) < 4.78 is 0.966. The lowest BCUT2D eigenvalue weighted by Gasteiger charge is -2.28. The molecule has 4 aromatic rings. The first-order chi connectivity index (χ1) is 16.2. The molecule has 0 saturated heterocycles. The number of rotatable bonds is 4. The van der Waals surface area contributed by atoms with Crippen LogP contribution in [0.15, 0.2) is 59.9 Å². The maximum Gasteiger partial charge on any atom is 0.233 e. The maximum atomic E-state index is 12.9. The number of fused-ring (bicyclic) bond motifs is 3. The number of anilines is 1. The number of carbonyl (C=O) groups excluding carboxylic acids is 1. The minimum Gasteiger partial charge on any atom is -0.343 e. The number of benzene rings is 2. The predicted octanol–water partition coefficient (Wildman–Crippen LogP) is 4.33. The Balaban J connectivity index is 1.17. The summed E-state index contributed by atoms with van der Waals surface area (Å²) in [5, 5.41) is 1.81. The Morgan fingerprint density at radius 1 is 0.909 bits per heavy atom. The molecule has 0 bridgehead atoms. The summed E-state index contributed by atoms with van der Waals surface area (Å²) in [6.45, 7) is 3.27. The van der Waals surface area contributed by atoms with Crippen LogP contribution in [-0.2, 0) is 30.7 Å². The number of thioether (sulfide) groups is 1. The third-order valence-electron chi connectivity index (χ3n) is 6.36. The lowest BCUT2D eigenvalue weighted by atomic mass is 10.00. The van der Waals surface area contributed by atoms with Crippen LogP contribution in [0, 0.1) is 0 Å². The van der Waals surface area contributed by atoms with Crippen LogP contribution >= 0.6 is 23.1 Å². The van der Waals surface area contributed by atoms with Gasteiger partial charge in [-0.2, -0.15) is 4.98 Å². The molecular formula is C25H23N5OS2. The Labute approximate surface area is 200 Å². The van der Waals surface area contributed by atoms with Gasteiger partial charge in [-0.1, -0.05) is 71.6 Å². The molecule has 33 heavy (non-hydrogen) atoms. The van der Waals surface area contributed by atoms with E-state index in [2.05, 4.69) is 57.3 Å². The minimum absolute atomic E-state index is 0.152. The second kappa shape index (κ2) is 8.76. The van der Waals surface area contributed by atoms with E-state index in [1.54, 1.807) is 17.7 Å². The van der Waals surface area contributed by atoms with E-state index in [4.69, 9.17) is 4.98 Å². The number of nitrogens with zero attached hydrogens (tertiary/aromatic N) is 5. The zero-order valence-electron chi connectivity index (χ0n) is 18.1. The number of thiazole rings is 1. The van der Waals surface area contributed by atoms with Crippen molar-refractivity contribution < 1.29 is 4.79 Å². The molecular weight excluding hydrogens is 450 g/mol. The number of carbonyl (C=O) groups is 1. The van der Waals surface area contributed by atoms with Crippen molar-refractivity contribution in [3.05, 3.63) is 77.1 Å². The van der Waals surface area contributed by atoms with Crippen molar-refractivity contribution in [3.8, 4) is 0 Å². The van der Waals surface area contributed by atoms with Gasteiger partial charge in [-0.25, -0.2) is 9.97 Å². The van der Waals surface area contributed by atoms with Crippen molar-refractivity contribution in [3.63, 3.8) is 0 Å². The average molecular weight is 474 g/mol. The second-order valence-electron chi connectivity index (χ2n) is 8.39. The van der Waals surface area contributed by atoms with Crippen LogP contribution in [0.5, 0.6) is 0 Å². The molecule has 2 aliphatic heterocycles. The van der Waals surface area contributed by atoms with Crippen LogP contribution in [0.25, 0.3) is 10.3 Å². The molecule has 0 fully saturated rings. The quantitative estimate of drug-likeness (QED) is 0.325. The summed E-state index contributed by atoms with van der Waals surface area (Å²) >= 11 is 3.12. The number of hydrogen-bond acceptors (Lipinski definition) is 7. The molecule has 6 rings (SSSR count). The van der Waals surface area contributed by atoms with Crippen molar-refractivity contribution in [1.29, 1.82) is 0 Å². The Morgan fingerprint density at radius 2 is 1.61 bits per heavy atom. The predicted molar refractivity (Wildman–Crippen MR) is 133 cm³/mol. The van der Waals surface area contributed by atoms with E-state index in [9.17, 15) is 4.79 Å². The van der Waals surface area contributed by atoms with Crippen LogP contribution in [0.4, 0.5) is 5.13 Å². The summed E-state index contributed by atoms with van der Waals surface area (Å²) in [5.41, 5.74) is 6.10. The van der Waals surface area contributed by atoms with Crippen LogP contribution in [-0.4, -0.2) is 44.6 Å². The molecule has 0 radical (unpaired) electrons. The SMILES string of the molecule is O=C(CSc1ncnc2nc(N3CCc4ccccc4C3)sc12)N1CCc2ccccc2C1. The number of amides is 1. The Bertz CT molecular complexity index is 1340. The van der Waals surface area contributed by atoms with Crippen LogP contribution in [0.2, 0.25) is 0 Å². The molecule has 0 atom stereocenters. The fourth-order valence-corrected chi connectivity index (χ4v) is 6.57. The van der Waals surface area contributed by atoms with Crippen LogP contribution in [0.1, 0.15) is 22.3 Å². The zero-order chi connectivity index (χ0) is 22.2. The van der Waals surface area contributed by atoms with Gasteiger partial charge >= 0.3 is 0 Å². The third-order valence-corrected chi connectivity index (χ3v) is 8.58. The highest BCUT2D eigenvalue weighted by molar-refractivity contribution is 8.00. The minimum atomic E-state index is 0.152. The van der Waals surface area contributed by atoms with Gasteiger partial charge in [-0.05, 0) is 35.1 Å². The average Bonchev–Trinajstić information content (AvgIpc) is 3.32. The van der Waals surface area contributed by atoms with Gasteiger partial charge in [-0.3, -0.25) is 4.79 Å². The van der Waals surface area contributed by atoms with Crippen LogP contribution < -0.4 is 4.90 Å². The molecule has 166 valence electrons. The van der Waals surface area contributed by atoms with Gasteiger partial charge in [0.2, 0.25) is 5.91 Å². The first-order valence-electron chi connectivity index (χ1n) is 11.2. The van der Waals surface area contributed by atoms with Crippen molar-refractivity contribution >= 4 is 44.5 Å². The lowest BCUT2D eigenvalue weighted by molar-refractivity contribution is -0.129. The molecule has 6 nitrogen and oxygen atoms in total. The number of aromatic nitrogens is 3. The Kier molecular flexibility index (Phi) is 5.47. The normalized spacial score (nSPS) is 15.4. The van der Waals surface area contributed by atoms with Crippen molar-refractivity contribution in [2.24, 2.45) is 0 Å². The van der Waals surface area contributed by atoms with E-state index in [1.165, 1.54) is 34.0 Å². The molecule has 4 heterocycles. The maximum absolute atomic E-state index is 12.9. The first kappa shape index (κ1) is 20.6. The fraction of sp³-hybridized carbons (Fsp3) is 0.280. The third kappa shape index (κ3) is 4.09. The van der Waals surface area contributed by atoms with Gasteiger partial charge in [-0.15, -0.1) is 0 Å². The number of hydrogen-bond donors (Lipinski definition) is 0. The molecule has 0 saturated carbocycles. The van der Waals surface area contributed by atoms with Gasteiger partial charge in [0.1, 0.15) is 16.1 Å². The molecule has 8 heteroatoms. The van der Waals surface area contributed by atoms with Gasteiger partial charge in [0.05, 0.1) is 5.75 Å². The molecule has 1 amide bonds. The summed E-state index contributed by atoms with van der Waals surface area (Å²) in [4.78, 5) is 30.9. The van der Waals surface area contributed by atoms with Crippen molar-refractivity contribution in [2.45, 2.75) is 31.0 Å². The lowest BCUT2D eigenvalue weighted by Crippen LogP contribution is -2.37. The van der Waals surface area contributed by atoms with Crippen molar-refractivity contribution in [2.75, 3.05) is 23.7 Å². The van der Waals surface area contributed by atoms with Crippen molar-refractivity contribution in [1.82, 2.24) is 19.9 Å². The largest absolute Gasteiger partial charge is 0.343 e. The molecule has 2 aliphatic rings. The molecule has 0 aliphatic carbocycles. The van der Waals surface area contributed by atoms with E-state index in [0.29, 0.717) is 17.9 Å². The zero-order valence-corrected chi connectivity index (χ0v) is 19.7. The molecule has 2 aromatic carbocycles. The molecule has 0 spiro atoms. The summed E-state index contributed by atoms with van der Waals surface area (Å²) in [7, 11) is 0. The Hall–Kier alpha value is -2.97. The van der Waals surface area contributed by atoms with Gasteiger partial charge < -0.3 is 9.80 Å². The van der Waals surface area contributed by atoms with Gasteiger partial charge in [0.15, 0.2) is 10.8 Å². The van der Waals surface area contributed by atoms with E-state index in [-0.39, 0.29) is 5.91 Å². The van der Waals surface area contributed by atoms with Crippen LogP contribution in [0.3, 0.4) is 0 Å². The topological polar surface area (TPSA) is 62.2 Å². The summed E-state index contributed by atoms with van der Waals surface area (Å²) in [6, 6.07) is 17.0. The molecule has 0 N–H and O–H groups in total. The molecule has 0 unspecified atom stereocenters. The Morgan fingerprint density at radius 3 is 2.39 bits per heavy atom. The van der Waals surface area contributed by atoms with E-state index in [1.807, 2.05) is 11.0 Å². The second-order valence-corrected chi connectivity index (χ2v) is 10.3. The molecule has 2 aromatic heterocycles. The fourth-order valence-electron chi connectivity index (χ4n) is 4.55. The first-order valence-corrected chi connectivity index (χ1v) is 13.0.